The van der Waals surface area contributed by atoms with Gasteiger partial charge >= 0.3 is 5.97 Å². The highest BCUT2D eigenvalue weighted by Gasteiger charge is 2.16. The highest BCUT2D eigenvalue weighted by Crippen LogP contribution is 2.05. The largest absolute Gasteiger partial charge is 0.479 e. The lowest BCUT2D eigenvalue weighted by Crippen LogP contribution is -2.21. The maximum absolute atomic E-state index is 10.2. The predicted octanol–water partition coefficient (Wildman–Crippen LogP) is -0.0290. The number of carbonyl (C=O) groups is 1. The molecule has 0 spiro atoms. The SMILES string of the molecule is Cc1cc(CC(O)C(=O)O)on1. The second kappa shape index (κ2) is 3.36. The van der Waals surface area contributed by atoms with Crippen LogP contribution < -0.4 is 0 Å². The Bertz CT molecular complexity index is 281. The lowest BCUT2D eigenvalue weighted by atomic mass is 10.2. The standard InChI is InChI=1S/C7H9NO4/c1-4-2-5(12-8-4)3-6(9)7(10)11/h2,6,9H,3H2,1H3,(H,10,11). The smallest absolute Gasteiger partial charge is 0.332 e. The molecule has 0 aliphatic heterocycles. The van der Waals surface area contributed by atoms with Crippen molar-refractivity contribution in [2.24, 2.45) is 0 Å². The van der Waals surface area contributed by atoms with E-state index in [2.05, 4.69) is 5.16 Å². The maximum Gasteiger partial charge on any atom is 0.332 e. The van der Waals surface area contributed by atoms with Crippen LogP contribution in [0.25, 0.3) is 0 Å². The van der Waals surface area contributed by atoms with Crippen molar-refractivity contribution >= 4 is 5.97 Å². The Hall–Kier alpha value is -1.36. The summed E-state index contributed by atoms with van der Waals surface area (Å²) in [6.07, 6.45) is -1.46. The van der Waals surface area contributed by atoms with Crippen LogP contribution in [0.4, 0.5) is 0 Å². The molecule has 0 radical (unpaired) electrons. The van der Waals surface area contributed by atoms with Gasteiger partial charge in [-0.2, -0.15) is 0 Å². The third-order valence-corrected chi connectivity index (χ3v) is 1.36. The van der Waals surface area contributed by atoms with E-state index in [1.165, 1.54) is 0 Å². The molecule has 66 valence electrons. The number of aliphatic carboxylic acids is 1. The molecule has 1 aromatic rings. The molecule has 1 aromatic heterocycles. The summed E-state index contributed by atoms with van der Waals surface area (Å²) in [6, 6.07) is 1.59. The molecule has 12 heavy (non-hydrogen) atoms. The maximum atomic E-state index is 10.2. The number of hydrogen-bond donors (Lipinski definition) is 2. The molecule has 0 amide bonds. The van der Waals surface area contributed by atoms with Gasteiger partial charge in [0, 0.05) is 12.5 Å². The second-order valence-corrected chi connectivity index (χ2v) is 2.49. The molecular formula is C7H9NO4. The first-order chi connectivity index (χ1) is 5.59. The van der Waals surface area contributed by atoms with Crippen LogP contribution in [0.2, 0.25) is 0 Å². The van der Waals surface area contributed by atoms with Gasteiger partial charge in [-0.25, -0.2) is 4.79 Å². The van der Waals surface area contributed by atoms with Gasteiger partial charge in [-0.1, -0.05) is 5.16 Å². The zero-order chi connectivity index (χ0) is 9.14. The van der Waals surface area contributed by atoms with E-state index in [-0.39, 0.29) is 6.42 Å². The van der Waals surface area contributed by atoms with Gasteiger partial charge in [0.15, 0.2) is 6.10 Å². The van der Waals surface area contributed by atoms with E-state index in [0.29, 0.717) is 11.5 Å². The molecule has 0 aliphatic rings. The molecule has 5 nitrogen and oxygen atoms in total. The summed E-state index contributed by atoms with van der Waals surface area (Å²) in [6.45, 7) is 1.72. The molecule has 1 atom stereocenters. The van der Waals surface area contributed by atoms with Crippen molar-refractivity contribution in [3.8, 4) is 0 Å². The van der Waals surface area contributed by atoms with Crippen molar-refractivity contribution < 1.29 is 19.5 Å². The minimum atomic E-state index is -1.42. The van der Waals surface area contributed by atoms with E-state index in [1.54, 1.807) is 13.0 Å². The number of hydrogen-bond acceptors (Lipinski definition) is 4. The molecule has 0 fully saturated rings. The summed E-state index contributed by atoms with van der Waals surface area (Å²) in [4.78, 5) is 10.2. The average molecular weight is 171 g/mol. The first kappa shape index (κ1) is 8.73. The minimum Gasteiger partial charge on any atom is -0.479 e. The van der Waals surface area contributed by atoms with Gasteiger partial charge in [-0.3, -0.25) is 0 Å². The fourth-order valence-electron chi connectivity index (χ4n) is 0.790. The van der Waals surface area contributed by atoms with Crippen LogP contribution in [0.5, 0.6) is 0 Å². The van der Waals surface area contributed by atoms with E-state index in [9.17, 15) is 4.79 Å². The summed E-state index contributed by atoms with van der Waals surface area (Å²) in [5.74, 6) is -0.883. The molecule has 0 saturated carbocycles. The van der Waals surface area contributed by atoms with Gasteiger partial charge in [0.05, 0.1) is 5.69 Å². The summed E-state index contributed by atoms with van der Waals surface area (Å²) in [7, 11) is 0. The number of carboxylic acids is 1. The van der Waals surface area contributed by atoms with Crippen LogP contribution in [0, 0.1) is 6.92 Å². The lowest BCUT2D eigenvalue weighted by Gasteiger charge is -1.99. The topological polar surface area (TPSA) is 83.6 Å². The average Bonchev–Trinajstić information content (AvgIpc) is 2.35. The van der Waals surface area contributed by atoms with Gasteiger partial charge in [-0.05, 0) is 6.92 Å². The third kappa shape index (κ3) is 2.06. The van der Waals surface area contributed by atoms with Gasteiger partial charge in [0.2, 0.25) is 0 Å². The van der Waals surface area contributed by atoms with Crippen molar-refractivity contribution in [3.05, 3.63) is 17.5 Å². The monoisotopic (exact) mass is 171 g/mol. The molecule has 1 unspecified atom stereocenters. The van der Waals surface area contributed by atoms with Crippen molar-refractivity contribution in [2.75, 3.05) is 0 Å². The third-order valence-electron chi connectivity index (χ3n) is 1.36. The number of aryl methyl sites for hydroxylation is 1. The molecule has 0 aliphatic carbocycles. The van der Waals surface area contributed by atoms with E-state index >= 15 is 0 Å². The first-order valence-electron chi connectivity index (χ1n) is 3.42. The summed E-state index contributed by atoms with van der Waals surface area (Å²) in [5, 5.41) is 20.8. The van der Waals surface area contributed by atoms with Gasteiger partial charge in [0.1, 0.15) is 5.76 Å². The molecule has 1 rings (SSSR count). The molecule has 0 bridgehead atoms. The fourth-order valence-corrected chi connectivity index (χ4v) is 0.790. The van der Waals surface area contributed by atoms with Crippen molar-refractivity contribution in [2.45, 2.75) is 19.4 Å². The van der Waals surface area contributed by atoms with E-state index in [0.717, 1.165) is 0 Å². The number of carboxylic acid groups (broad SMARTS) is 1. The quantitative estimate of drug-likeness (QED) is 0.667. The Kier molecular flexibility index (Phi) is 2.44. The van der Waals surface area contributed by atoms with E-state index < -0.39 is 12.1 Å². The summed E-state index contributed by atoms with van der Waals surface area (Å²) in [5.41, 5.74) is 0.669. The number of nitrogens with zero attached hydrogens (tertiary/aromatic N) is 1. The zero-order valence-electron chi connectivity index (χ0n) is 6.52. The molecule has 0 aromatic carbocycles. The Morgan fingerprint density at radius 1 is 1.83 bits per heavy atom. The van der Waals surface area contributed by atoms with E-state index in [1.807, 2.05) is 0 Å². The summed E-state index contributed by atoms with van der Waals surface area (Å²) < 4.78 is 4.71. The van der Waals surface area contributed by atoms with Crippen LogP contribution in [0.3, 0.4) is 0 Å². The van der Waals surface area contributed by atoms with E-state index in [4.69, 9.17) is 14.7 Å². The van der Waals surface area contributed by atoms with Gasteiger partial charge in [0.25, 0.3) is 0 Å². The van der Waals surface area contributed by atoms with Crippen LogP contribution in [-0.2, 0) is 11.2 Å². The van der Waals surface area contributed by atoms with Crippen LogP contribution >= 0.6 is 0 Å². The molecule has 2 N–H and O–H groups in total. The van der Waals surface area contributed by atoms with Crippen LogP contribution in [0.1, 0.15) is 11.5 Å². The van der Waals surface area contributed by atoms with Gasteiger partial charge < -0.3 is 14.7 Å². The number of aromatic nitrogens is 1. The minimum absolute atomic E-state index is 0.0455. The molecule has 1 heterocycles. The van der Waals surface area contributed by atoms with Gasteiger partial charge in [-0.15, -0.1) is 0 Å². The predicted molar refractivity (Wildman–Crippen MR) is 38.6 cm³/mol. The van der Waals surface area contributed by atoms with Crippen molar-refractivity contribution in [1.29, 1.82) is 0 Å². The number of aliphatic hydroxyl groups excluding tert-OH is 1. The highest BCUT2D eigenvalue weighted by molar-refractivity contribution is 5.72. The Labute approximate surface area is 68.6 Å². The Balaban J connectivity index is 2.58. The normalized spacial score (nSPS) is 12.8. The Morgan fingerprint density at radius 3 is 2.92 bits per heavy atom. The molecule has 0 saturated heterocycles. The fraction of sp³-hybridized carbons (Fsp3) is 0.429. The summed E-state index contributed by atoms with van der Waals surface area (Å²) >= 11 is 0. The van der Waals surface area contributed by atoms with Crippen molar-refractivity contribution in [3.63, 3.8) is 0 Å². The molecule has 5 heteroatoms. The van der Waals surface area contributed by atoms with Crippen LogP contribution in [0.15, 0.2) is 10.6 Å². The molecular weight excluding hydrogens is 162 g/mol. The van der Waals surface area contributed by atoms with Crippen LogP contribution in [-0.4, -0.2) is 27.4 Å². The second-order valence-electron chi connectivity index (χ2n) is 2.49. The highest BCUT2D eigenvalue weighted by atomic mass is 16.5. The lowest BCUT2D eigenvalue weighted by molar-refractivity contribution is -0.146. The first-order valence-corrected chi connectivity index (χ1v) is 3.42. The number of rotatable bonds is 3. The Morgan fingerprint density at radius 2 is 2.50 bits per heavy atom. The number of aliphatic hydroxyl groups is 1. The zero-order valence-corrected chi connectivity index (χ0v) is 6.52. The van der Waals surface area contributed by atoms with Crippen molar-refractivity contribution in [1.82, 2.24) is 5.16 Å².